The smallest absolute Gasteiger partial charge is 0.408 e. The molecule has 1 aromatic heterocycles. The number of carbonyl (C=O) groups is 4. The van der Waals surface area contributed by atoms with Crippen molar-refractivity contribution < 1.29 is 43.6 Å². The quantitative estimate of drug-likeness (QED) is 0.141. The Morgan fingerprint density at radius 1 is 0.918 bits per heavy atom. The van der Waals surface area contributed by atoms with Gasteiger partial charge < -0.3 is 29.7 Å². The number of thioether (sulfide) groups is 1. The van der Waals surface area contributed by atoms with Crippen LogP contribution in [0.2, 0.25) is 0 Å². The van der Waals surface area contributed by atoms with Crippen LogP contribution in [-0.2, 0) is 37.0 Å². The Kier molecular flexibility index (Phi) is 10.6. The third-order valence-corrected chi connectivity index (χ3v) is 9.23. The Morgan fingerprint density at radius 2 is 1.65 bits per heavy atom. The highest BCUT2D eigenvalue weighted by molar-refractivity contribution is 7.99. The second kappa shape index (κ2) is 15.4. The average Bonchev–Trinajstić information content (AvgIpc) is 3.41. The number of hydrogen-bond donors (Lipinski definition) is 3. The summed E-state index contributed by atoms with van der Waals surface area (Å²) >= 11 is 1.28. The van der Waals surface area contributed by atoms with Gasteiger partial charge in [0.25, 0.3) is 5.91 Å². The average molecular weight is 684 g/mol. The lowest BCUT2D eigenvalue weighted by Crippen LogP contribution is -2.42. The van der Waals surface area contributed by atoms with Gasteiger partial charge in [-0.05, 0) is 41.0 Å². The van der Waals surface area contributed by atoms with E-state index in [1.807, 2.05) is 42.5 Å². The van der Waals surface area contributed by atoms with E-state index >= 15 is 0 Å². The zero-order valence-electron chi connectivity index (χ0n) is 26.1. The first-order valence-corrected chi connectivity index (χ1v) is 16.5. The van der Waals surface area contributed by atoms with Crippen LogP contribution in [0, 0.1) is 0 Å². The highest BCUT2D eigenvalue weighted by Crippen LogP contribution is 2.40. The molecule has 3 amide bonds. The summed E-state index contributed by atoms with van der Waals surface area (Å²) in [6, 6.07) is 25.2. The lowest BCUT2D eigenvalue weighted by Gasteiger charge is -2.36. The number of aromatic nitrogens is 1. The van der Waals surface area contributed by atoms with Crippen molar-refractivity contribution in [1.29, 1.82) is 0 Å². The number of benzene rings is 3. The monoisotopic (exact) mass is 683 g/mol. The fourth-order valence-corrected chi connectivity index (χ4v) is 6.57. The molecular weight excluding hydrogens is 650 g/mol. The van der Waals surface area contributed by atoms with Crippen molar-refractivity contribution >= 4 is 41.3 Å². The first-order valence-electron chi connectivity index (χ1n) is 15.5. The molecule has 2 aliphatic rings. The van der Waals surface area contributed by atoms with Crippen molar-refractivity contribution in [2.24, 2.45) is 0 Å². The van der Waals surface area contributed by atoms with Gasteiger partial charge in [-0.3, -0.25) is 9.59 Å². The van der Waals surface area contributed by atoms with E-state index in [1.54, 1.807) is 48.7 Å². The zero-order chi connectivity index (χ0) is 34.3. The van der Waals surface area contributed by atoms with Gasteiger partial charge in [-0.25, -0.2) is 19.5 Å². The molecule has 0 bridgehead atoms. The molecule has 6 rings (SSSR count). The topological polar surface area (TPSA) is 165 Å². The lowest BCUT2D eigenvalue weighted by molar-refractivity contribution is -0.245. The van der Waals surface area contributed by atoms with Gasteiger partial charge in [0.15, 0.2) is 6.29 Å². The number of aromatic carboxylic acids is 1. The Balaban J connectivity index is 1.14. The number of hydrogen-bond acceptors (Lipinski definition) is 10. The highest BCUT2D eigenvalue weighted by atomic mass is 32.2. The van der Waals surface area contributed by atoms with E-state index in [0.29, 0.717) is 28.5 Å². The van der Waals surface area contributed by atoms with E-state index in [2.05, 4.69) is 10.3 Å². The third-order valence-electron chi connectivity index (χ3n) is 8.10. The van der Waals surface area contributed by atoms with Gasteiger partial charge >= 0.3 is 12.1 Å². The number of ether oxygens (including phenoxy) is 3. The lowest BCUT2D eigenvalue weighted by atomic mass is 10.0. The zero-order valence-corrected chi connectivity index (χ0v) is 27.0. The molecule has 2 aliphatic heterocycles. The van der Waals surface area contributed by atoms with Gasteiger partial charge in [0, 0.05) is 23.9 Å². The first kappa shape index (κ1) is 33.8. The van der Waals surface area contributed by atoms with E-state index in [9.17, 15) is 29.4 Å². The van der Waals surface area contributed by atoms with Crippen LogP contribution in [0.1, 0.15) is 57.8 Å². The molecule has 3 N–H and O–H groups in total. The van der Waals surface area contributed by atoms with Crippen molar-refractivity contribution in [2.75, 3.05) is 10.7 Å². The molecule has 2 fully saturated rings. The summed E-state index contributed by atoms with van der Waals surface area (Å²) in [7, 11) is 0. The number of pyridine rings is 1. The molecule has 2 saturated heterocycles. The van der Waals surface area contributed by atoms with Crippen LogP contribution in [-0.4, -0.2) is 57.0 Å². The summed E-state index contributed by atoms with van der Waals surface area (Å²) in [6.07, 6.45) is -0.535. The number of aliphatic hydroxyl groups is 1. The predicted octanol–water partition coefficient (Wildman–Crippen LogP) is 5.17. The second-order valence-corrected chi connectivity index (χ2v) is 12.5. The number of nitrogens with one attached hydrogen (secondary N) is 1. The predicted molar refractivity (Wildman–Crippen MR) is 177 cm³/mol. The van der Waals surface area contributed by atoms with Gasteiger partial charge in [0.05, 0.1) is 36.5 Å². The van der Waals surface area contributed by atoms with Crippen molar-refractivity contribution in [3.63, 3.8) is 0 Å². The summed E-state index contributed by atoms with van der Waals surface area (Å²) in [5, 5.41) is 21.9. The molecule has 13 heteroatoms. The molecule has 0 spiro atoms. The maximum Gasteiger partial charge on any atom is 0.408 e. The molecule has 49 heavy (non-hydrogen) atoms. The third kappa shape index (κ3) is 8.15. The molecule has 3 aromatic carbocycles. The van der Waals surface area contributed by atoms with Crippen LogP contribution >= 0.6 is 11.8 Å². The fraction of sp³-hybridized carbons (Fsp3) is 0.250. The van der Waals surface area contributed by atoms with Gasteiger partial charge in [-0.1, -0.05) is 66.7 Å². The number of amides is 3. The Labute approximate surface area is 286 Å². The number of aliphatic hydroxyl groups excluding tert-OH is 1. The molecule has 0 saturated carbocycles. The van der Waals surface area contributed by atoms with Crippen LogP contribution in [0.5, 0.6) is 0 Å². The summed E-state index contributed by atoms with van der Waals surface area (Å²) in [6.45, 7) is -0.0603. The Morgan fingerprint density at radius 3 is 2.37 bits per heavy atom. The number of alkyl carbamates (subject to hydrolysis) is 1. The molecule has 12 nitrogen and oxygen atoms in total. The van der Waals surface area contributed by atoms with Crippen LogP contribution in [0.4, 0.5) is 10.5 Å². The Bertz CT molecular complexity index is 1800. The number of carboxylic acids is 1. The summed E-state index contributed by atoms with van der Waals surface area (Å²) in [4.78, 5) is 55.4. The maximum absolute atomic E-state index is 13.2. The Hall–Kier alpha value is -5.08. The van der Waals surface area contributed by atoms with E-state index in [4.69, 9.17) is 14.2 Å². The van der Waals surface area contributed by atoms with Crippen molar-refractivity contribution in [3.05, 3.63) is 125 Å². The number of nitrogens with zero attached hydrogens (tertiary/aromatic N) is 2. The highest BCUT2D eigenvalue weighted by Gasteiger charge is 2.41. The molecule has 3 heterocycles. The second-order valence-electron chi connectivity index (χ2n) is 11.4. The number of anilines is 1. The van der Waals surface area contributed by atoms with Crippen LogP contribution < -0.4 is 10.2 Å². The summed E-state index contributed by atoms with van der Waals surface area (Å²) in [5.74, 6) is -1.70. The number of carboxylic acid groups (broad SMARTS) is 1. The van der Waals surface area contributed by atoms with Gasteiger partial charge in [-0.2, -0.15) is 0 Å². The largest absolute Gasteiger partial charge is 0.478 e. The minimum atomic E-state index is -1.07. The first-order chi connectivity index (χ1) is 23.8. The van der Waals surface area contributed by atoms with E-state index < -0.39 is 36.2 Å². The van der Waals surface area contributed by atoms with E-state index in [0.717, 1.165) is 21.6 Å². The molecule has 4 aromatic rings. The van der Waals surface area contributed by atoms with Gasteiger partial charge in [0.1, 0.15) is 17.7 Å². The van der Waals surface area contributed by atoms with E-state index in [-0.39, 0.29) is 37.4 Å². The summed E-state index contributed by atoms with van der Waals surface area (Å²) in [5.41, 5.74) is 3.51. The number of carbonyl (C=O) groups excluding carboxylic acids is 3. The minimum Gasteiger partial charge on any atom is -0.478 e. The SMILES string of the molecule is O=C(NC1CC(=O)N(c2ccc([C@H]3O[C@@H](CSc4ncccc4C(=O)O)C[C@@H](c4ccc(CO)cc4)O3)cc2)C1=O)OCc1ccccc1. The van der Waals surface area contributed by atoms with Crippen molar-refractivity contribution in [3.8, 4) is 0 Å². The standard InChI is InChI=1S/C36H33N3O9S/c40-19-22-8-10-24(11-9-22)30-17-27(21-49-32-28(34(43)44)7-4-16-37-32)47-35(48-30)25-12-14-26(15-13-25)39-31(41)18-29(33(39)42)38-36(45)46-20-23-5-2-1-3-6-23/h1-16,27,29-30,35,40H,17-21H2,(H,38,45)(H,43,44)/t27-,29?,30+,35+/m1/s1. The molecule has 0 aliphatic carbocycles. The van der Waals surface area contributed by atoms with Gasteiger partial charge in [0.2, 0.25) is 5.91 Å². The van der Waals surface area contributed by atoms with Gasteiger partial charge in [-0.15, -0.1) is 11.8 Å². The minimum absolute atomic E-state index is 0.0267. The van der Waals surface area contributed by atoms with Crippen LogP contribution in [0.25, 0.3) is 0 Å². The van der Waals surface area contributed by atoms with Crippen molar-refractivity contribution in [1.82, 2.24) is 10.3 Å². The normalized spacial score (nSPS) is 20.6. The van der Waals surface area contributed by atoms with Crippen LogP contribution in [0.3, 0.4) is 0 Å². The van der Waals surface area contributed by atoms with E-state index in [1.165, 1.54) is 17.8 Å². The maximum atomic E-state index is 13.2. The van der Waals surface area contributed by atoms with Crippen molar-refractivity contribution in [2.45, 2.75) is 55.6 Å². The molecule has 252 valence electrons. The molecule has 1 unspecified atom stereocenters. The molecule has 0 radical (unpaired) electrons. The molecule has 4 atom stereocenters. The summed E-state index contributed by atoms with van der Waals surface area (Å²) < 4.78 is 17.9. The van der Waals surface area contributed by atoms with Crippen LogP contribution in [0.15, 0.2) is 102 Å². The molecular formula is C36H33N3O9S. The number of imide groups is 1. The fourth-order valence-electron chi connectivity index (χ4n) is 5.57. The number of rotatable bonds is 11.